The summed E-state index contributed by atoms with van der Waals surface area (Å²) in [7, 11) is 1.47. The molecule has 3 nitrogen and oxygen atoms in total. The number of Topliss-reactive ketones (excluding diaryl/α,β-unsaturated/α-hetero) is 1. The molecule has 0 saturated heterocycles. The minimum absolute atomic E-state index is 0.0218. The lowest BCUT2D eigenvalue weighted by molar-refractivity contribution is 0.0992. The Hall–Kier alpha value is -2.30. The Kier molecular flexibility index (Phi) is 3.85. The molecule has 0 unspecified atom stereocenters. The third kappa shape index (κ3) is 3.13. The molecule has 19 heavy (non-hydrogen) atoms. The van der Waals surface area contributed by atoms with Gasteiger partial charge in [0, 0.05) is 18.2 Å². The topological polar surface area (TPSA) is 39.2 Å². The second-order valence-corrected chi connectivity index (χ2v) is 3.96. The normalized spacial score (nSPS) is 10.3. The van der Waals surface area contributed by atoms with Crippen molar-refractivity contribution >= 4 is 5.78 Å². The molecule has 1 heterocycles. The van der Waals surface area contributed by atoms with E-state index >= 15 is 0 Å². The van der Waals surface area contributed by atoms with E-state index in [4.69, 9.17) is 4.74 Å². The van der Waals surface area contributed by atoms with Crippen LogP contribution in [0.1, 0.15) is 15.9 Å². The first-order valence-corrected chi connectivity index (χ1v) is 5.56. The van der Waals surface area contributed by atoms with Crippen molar-refractivity contribution < 1.29 is 18.3 Å². The van der Waals surface area contributed by atoms with Gasteiger partial charge in [0.1, 0.15) is 5.75 Å². The van der Waals surface area contributed by atoms with Gasteiger partial charge in [0.15, 0.2) is 17.4 Å². The van der Waals surface area contributed by atoms with E-state index in [-0.39, 0.29) is 12.2 Å². The number of methoxy groups -OCH3 is 1. The lowest BCUT2D eigenvalue weighted by atomic mass is 10.0. The molecular weight excluding hydrogens is 252 g/mol. The van der Waals surface area contributed by atoms with Crippen molar-refractivity contribution in [3.8, 4) is 5.75 Å². The summed E-state index contributed by atoms with van der Waals surface area (Å²) in [5.74, 6) is -1.66. The molecule has 0 radical (unpaired) electrons. The Bertz CT molecular complexity index is 614. The van der Waals surface area contributed by atoms with E-state index < -0.39 is 11.6 Å². The highest BCUT2D eigenvalue weighted by atomic mass is 19.2. The highest BCUT2D eigenvalue weighted by Gasteiger charge is 2.10. The van der Waals surface area contributed by atoms with Crippen molar-refractivity contribution in [2.45, 2.75) is 6.42 Å². The zero-order valence-corrected chi connectivity index (χ0v) is 10.2. The lowest BCUT2D eigenvalue weighted by Gasteiger charge is -2.04. The molecule has 2 rings (SSSR count). The zero-order valence-electron chi connectivity index (χ0n) is 10.2. The Morgan fingerprint density at radius 1 is 1.21 bits per heavy atom. The first kappa shape index (κ1) is 13.1. The Balaban J connectivity index is 2.18. The van der Waals surface area contributed by atoms with Gasteiger partial charge in [-0.15, -0.1) is 0 Å². The van der Waals surface area contributed by atoms with Crippen LogP contribution in [0.15, 0.2) is 36.7 Å². The average molecular weight is 263 g/mol. The number of nitrogens with zero attached hydrogens (tertiary/aromatic N) is 1. The zero-order chi connectivity index (χ0) is 13.8. The molecule has 0 amide bonds. The summed E-state index contributed by atoms with van der Waals surface area (Å²) in [6.45, 7) is 0. The number of ether oxygens (including phenoxy) is 1. The van der Waals surface area contributed by atoms with Crippen LogP contribution in [0, 0.1) is 11.6 Å². The molecule has 0 N–H and O–H groups in total. The molecule has 0 fully saturated rings. The molecule has 0 bridgehead atoms. The maximum absolute atomic E-state index is 13.0. The van der Waals surface area contributed by atoms with Gasteiger partial charge in [-0.2, -0.15) is 0 Å². The van der Waals surface area contributed by atoms with Crippen LogP contribution in [0.4, 0.5) is 8.78 Å². The maximum atomic E-state index is 13.0. The standard InChI is InChI=1S/C14H11F2NO2/c1-19-11-6-10(7-17-8-11)14(18)5-9-2-3-12(15)13(16)4-9/h2-4,6-8H,5H2,1H3. The van der Waals surface area contributed by atoms with Crippen molar-refractivity contribution in [1.82, 2.24) is 4.98 Å². The monoisotopic (exact) mass is 263 g/mol. The molecular formula is C14H11F2NO2. The largest absolute Gasteiger partial charge is 0.495 e. The second-order valence-electron chi connectivity index (χ2n) is 3.96. The molecule has 0 aliphatic heterocycles. The summed E-state index contributed by atoms with van der Waals surface area (Å²) in [5.41, 5.74) is 0.774. The average Bonchev–Trinajstić information content (AvgIpc) is 2.43. The van der Waals surface area contributed by atoms with Crippen molar-refractivity contribution in [2.24, 2.45) is 0 Å². The number of hydrogen-bond donors (Lipinski definition) is 0. The SMILES string of the molecule is COc1cncc(C(=O)Cc2ccc(F)c(F)c2)c1. The molecule has 0 atom stereocenters. The van der Waals surface area contributed by atoms with E-state index in [0.717, 1.165) is 12.1 Å². The minimum atomic E-state index is -0.964. The van der Waals surface area contributed by atoms with Crippen LogP contribution in [-0.2, 0) is 6.42 Å². The van der Waals surface area contributed by atoms with Crippen LogP contribution < -0.4 is 4.74 Å². The van der Waals surface area contributed by atoms with Gasteiger partial charge in [-0.3, -0.25) is 9.78 Å². The number of aromatic nitrogens is 1. The Labute approximate surface area is 108 Å². The van der Waals surface area contributed by atoms with Crippen LogP contribution >= 0.6 is 0 Å². The van der Waals surface area contributed by atoms with Gasteiger partial charge in [0.05, 0.1) is 13.3 Å². The number of ketones is 1. The summed E-state index contributed by atoms with van der Waals surface area (Å²) in [6, 6.07) is 4.95. The van der Waals surface area contributed by atoms with Gasteiger partial charge in [-0.25, -0.2) is 8.78 Å². The van der Waals surface area contributed by atoms with E-state index in [2.05, 4.69) is 4.98 Å². The fourth-order valence-electron chi connectivity index (χ4n) is 1.62. The smallest absolute Gasteiger partial charge is 0.168 e. The molecule has 2 aromatic rings. The Morgan fingerprint density at radius 3 is 2.68 bits per heavy atom. The quantitative estimate of drug-likeness (QED) is 0.796. The number of halogens is 2. The number of hydrogen-bond acceptors (Lipinski definition) is 3. The summed E-state index contributed by atoms with van der Waals surface area (Å²) in [6.07, 6.45) is 2.87. The predicted octanol–water partition coefficient (Wildman–Crippen LogP) is 2.79. The van der Waals surface area contributed by atoms with Gasteiger partial charge in [0.2, 0.25) is 0 Å². The number of rotatable bonds is 4. The van der Waals surface area contributed by atoms with Crippen LogP contribution in [-0.4, -0.2) is 17.9 Å². The van der Waals surface area contributed by atoms with Crippen molar-refractivity contribution in [1.29, 1.82) is 0 Å². The summed E-state index contributed by atoms with van der Waals surface area (Å²) >= 11 is 0. The summed E-state index contributed by atoms with van der Waals surface area (Å²) < 4.78 is 30.8. The van der Waals surface area contributed by atoms with Gasteiger partial charge in [0.25, 0.3) is 0 Å². The highest BCUT2D eigenvalue weighted by molar-refractivity contribution is 5.97. The lowest BCUT2D eigenvalue weighted by Crippen LogP contribution is -2.05. The highest BCUT2D eigenvalue weighted by Crippen LogP contribution is 2.14. The third-order valence-corrected chi connectivity index (χ3v) is 2.62. The van der Waals surface area contributed by atoms with Gasteiger partial charge < -0.3 is 4.74 Å². The molecule has 0 spiro atoms. The fourth-order valence-corrected chi connectivity index (χ4v) is 1.62. The number of benzene rings is 1. The first-order valence-electron chi connectivity index (χ1n) is 5.56. The van der Waals surface area contributed by atoms with Gasteiger partial charge in [-0.1, -0.05) is 6.07 Å². The fraction of sp³-hybridized carbons (Fsp3) is 0.143. The van der Waals surface area contributed by atoms with Crippen molar-refractivity contribution in [3.05, 3.63) is 59.4 Å². The van der Waals surface area contributed by atoms with E-state index in [9.17, 15) is 13.6 Å². The number of carbonyl (C=O) groups excluding carboxylic acids is 1. The van der Waals surface area contributed by atoms with Gasteiger partial charge in [-0.05, 0) is 23.8 Å². The molecule has 98 valence electrons. The number of carbonyl (C=O) groups is 1. The molecule has 1 aromatic heterocycles. The van der Waals surface area contributed by atoms with E-state index in [1.54, 1.807) is 6.07 Å². The van der Waals surface area contributed by atoms with Crippen LogP contribution in [0.5, 0.6) is 5.75 Å². The minimum Gasteiger partial charge on any atom is -0.495 e. The van der Waals surface area contributed by atoms with Crippen molar-refractivity contribution in [3.63, 3.8) is 0 Å². The van der Waals surface area contributed by atoms with E-state index in [0.29, 0.717) is 16.9 Å². The van der Waals surface area contributed by atoms with Crippen molar-refractivity contribution in [2.75, 3.05) is 7.11 Å². The van der Waals surface area contributed by atoms with Gasteiger partial charge >= 0.3 is 0 Å². The molecule has 0 aliphatic rings. The summed E-state index contributed by atoms with van der Waals surface area (Å²) in [5, 5.41) is 0. The predicted molar refractivity (Wildman–Crippen MR) is 65.2 cm³/mol. The summed E-state index contributed by atoms with van der Waals surface area (Å²) in [4.78, 5) is 15.8. The van der Waals surface area contributed by atoms with E-state index in [1.807, 2.05) is 0 Å². The van der Waals surface area contributed by atoms with Crippen LogP contribution in [0.3, 0.4) is 0 Å². The first-order chi connectivity index (χ1) is 9.10. The molecule has 5 heteroatoms. The van der Waals surface area contributed by atoms with Crippen LogP contribution in [0.2, 0.25) is 0 Å². The Morgan fingerprint density at radius 2 is 2.00 bits per heavy atom. The molecule has 0 saturated carbocycles. The maximum Gasteiger partial charge on any atom is 0.168 e. The number of pyridine rings is 1. The second kappa shape index (κ2) is 5.56. The third-order valence-electron chi connectivity index (χ3n) is 2.62. The molecule has 0 aliphatic carbocycles. The van der Waals surface area contributed by atoms with E-state index in [1.165, 1.54) is 25.6 Å². The molecule has 1 aromatic carbocycles. The van der Waals surface area contributed by atoms with Crippen LogP contribution in [0.25, 0.3) is 0 Å².